The molecule has 1 N–H and O–H groups in total. The number of cyclic esters (lactones) is 1. The monoisotopic (exact) mass is 446 g/mol. The number of nitrogens with one attached hydrogen (secondary N) is 1. The van der Waals surface area contributed by atoms with Crippen molar-refractivity contribution in [1.29, 1.82) is 0 Å². The van der Waals surface area contributed by atoms with Crippen molar-refractivity contribution in [3.63, 3.8) is 0 Å². The number of ether oxygens (including phenoxy) is 2. The van der Waals surface area contributed by atoms with Crippen molar-refractivity contribution in [2.45, 2.75) is 32.4 Å². The highest BCUT2D eigenvalue weighted by Crippen LogP contribution is 2.38. The van der Waals surface area contributed by atoms with E-state index in [0.29, 0.717) is 25.4 Å². The summed E-state index contributed by atoms with van der Waals surface area (Å²) in [6.07, 6.45) is 2.78. The molecule has 1 saturated heterocycles. The van der Waals surface area contributed by atoms with E-state index in [0.717, 1.165) is 42.0 Å². The van der Waals surface area contributed by atoms with Crippen molar-refractivity contribution in [2.75, 3.05) is 24.6 Å². The highest BCUT2D eigenvalue weighted by molar-refractivity contribution is 5.91. The highest BCUT2D eigenvalue weighted by Gasteiger charge is 2.33. The van der Waals surface area contributed by atoms with Gasteiger partial charge in [-0.1, -0.05) is 30.3 Å². The van der Waals surface area contributed by atoms with Crippen molar-refractivity contribution < 1.29 is 19.1 Å². The average Bonchev–Trinajstić information content (AvgIpc) is 3.34. The number of anilines is 1. The zero-order valence-corrected chi connectivity index (χ0v) is 18.5. The third-order valence-electron chi connectivity index (χ3n) is 5.98. The van der Waals surface area contributed by atoms with Crippen molar-refractivity contribution in [1.82, 2.24) is 15.1 Å². The summed E-state index contributed by atoms with van der Waals surface area (Å²) in [4.78, 5) is 25.2. The van der Waals surface area contributed by atoms with Gasteiger partial charge < -0.3 is 14.8 Å². The summed E-state index contributed by atoms with van der Waals surface area (Å²) >= 11 is 0. The summed E-state index contributed by atoms with van der Waals surface area (Å²) in [7, 11) is 0. The number of aryl methyl sites for hydroxylation is 2. The second-order valence-corrected chi connectivity index (χ2v) is 8.31. The van der Waals surface area contributed by atoms with Crippen LogP contribution in [0.3, 0.4) is 0 Å². The maximum atomic E-state index is 12.4. The van der Waals surface area contributed by atoms with Gasteiger partial charge in [-0.15, -0.1) is 0 Å². The number of nitrogens with zero attached hydrogens (tertiary/aromatic N) is 3. The average molecular weight is 447 g/mol. The Hall–Kier alpha value is -3.81. The summed E-state index contributed by atoms with van der Waals surface area (Å²) in [5.74, 6) is 0.577. The number of amides is 2. The van der Waals surface area contributed by atoms with Gasteiger partial charge in [0.2, 0.25) is 5.91 Å². The standard InChI is InChI=1S/C25H26N4O4/c1-17(30)26-15-21-16-28(25(31)33-21)20-7-8-22-23(13-20)32-12-10-19-14-27-29(24(19)22)11-9-18-5-3-2-4-6-18/h2-8,13-14,21H,9-12,15-16H2,1H3,(H,26,30)/t21-/m0/s1. The van der Waals surface area contributed by atoms with Gasteiger partial charge in [0.25, 0.3) is 0 Å². The first kappa shape index (κ1) is 21.1. The summed E-state index contributed by atoms with van der Waals surface area (Å²) in [6.45, 7) is 3.42. The van der Waals surface area contributed by atoms with Gasteiger partial charge in [0.1, 0.15) is 11.9 Å². The number of hydrogen-bond donors (Lipinski definition) is 1. The summed E-state index contributed by atoms with van der Waals surface area (Å²) in [5.41, 5.74) is 5.17. The summed E-state index contributed by atoms with van der Waals surface area (Å²) in [6, 6.07) is 16.2. The lowest BCUT2D eigenvalue weighted by atomic mass is 10.0. The van der Waals surface area contributed by atoms with Gasteiger partial charge in [-0.05, 0) is 24.1 Å². The topological polar surface area (TPSA) is 85.7 Å². The Bertz CT molecular complexity index is 1170. The molecule has 0 spiro atoms. The second kappa shape index (κ2) is 8.97. The van der Waals surface area contributed by atoms with Crippen molar-refractivity contribution in [3.05, 3.63) is 65.9 Å². The molecule has 0 unspecified atom stereocenters. The molecule has 1 aromatic heterocycles. The molecule has 3 heterocycles. The Morgan fingerprint density at radius 1 is 1.21 bits per heavy atom. The first-order valence-corrected chi connectivity index (χ1v) is 11.2. The maximum Gasteiger partial charge on any atom is 0.414 e. The Kier molecular flexibility index (Phi) is 5.73. The summed E-state index contributed by atoms with van der Waals surface area (Å²) in [5, 5.41) is 7.35. The Balaban J connectivity index is 1.38. The van der Waals surface area contributed by atoms with Crippen LogP contribution in [0.5, 0.6) is 5.75 Å². The molecule has 2 amide bonds. The Morgan fingerprint density at radius 2 is 2.06 bits per heavy atom. The third-order valence-corrected chi connectivity index (χ3v) is 5.98. The number of rotatable bonds is 6. The van der Waals surface area contributed by atoms with Crippen LogP contribution in [0.4, 0.5) is 10.5 Å². The molecule has 3 aromatic rings. The Labute approximate surface area is 192 Å². The smallest absolute Gasteiger partial charge is 0.414 e. The largest absolute Gasteiger partial charge is 0.492 e. The quantitative estimate of drug-likeness (QED) is 0.629. The first-order valence-electron chi connectivity index (χ1n) is 11.2. The van der Waals surface area contributed by atoms with Crippen molar-refractivity contribution >= 4 is 17.7 Å². The van der Waals surface area contributed by atoms with Gasteiger partial charge in [-0.25, -0.2) is 4.79 Å². The van der Waals surface area contributed by atoms with E-state index in [-0.39, 0.29) is 12.0 Å². The predicted octanol–water partition coefficient (Wildman–Crippen LogP) is 3.19. The zero-order valence-electron chi connectivity index (χ0n) is 18.5. The summed E-state index contributed by atoms with van der Waals surface area (Å²) < 4.78 is 13.5. The van der Waals surface area contributed by atoms with E-state index in [1.807, 2.05) is 47.3 Å². The highest BCUT2D eigenvalue weighted by atomic mass is 16.6. The molecule has 0 radical (unpaired) electrons. The Morgan fingerprint density at radius 3 is 2.88 bits per heavy atom. The van der Waals surface area contributed by atoms with Gasteiger partial charge in [0.15, 0.2) is 0 Å². The van der Waals surface area contributed by atoms with Crippen LogP contribution in [0.1, 0.15) is 18.1 Å². The van der Waals surface area contributed by atoms with E-state index in [1.165, 1.54) is 12.5 Å². The van der Waals surface area contributed by atoms with Crippen molar-refractivity contribution in [2.24, 2.45) is 0 Å². The molecule has 2 aliphatic heterocycles. The molecule has 1 atom stereocenters. The fraction of sp³-hybridized carbons (Fsp3) is 0.320. The van der Waals surface area contributed by atoms with Crippen LogP contribution in [0.25, 0.3) is 11.3 Å². The first-order chi connectivity index (χ1) is 16.1. The third kappa shape index (κ3) is 4.41. The number of fused-ring (bicyclic) bond motifs is 3. The van der Waals surface area contributed by atoms with Crippen LogP contribution < -0.4 is 15.0 Å². The lowest BCUT2D eigenvalue weighted by Gasteiger charge is -2.17. The fourth-order valence-electron chi connectivity index (χ4n) is 4.33. The maximum absolute atomic E-state index is 12.4. The van der Waals surface area contributed by atoms with Crippen molar-refractivity contribution in [3.8, 4) is 17.0 Å². The second-order valence-electron chi connectivity index (χ2n) is 8.31. The minimum atomic E-state index is -0.424. The van der Waals surface area contributed by atoms with E-state index in [4.69, 9.17) is 9.47 Å². The number of carbonyl (C=O) groups excluding carboxylic acids is 2. The number of aromatic nitrogens is 2. The molecule has 33 heavy (non-hydrogen) atoms. The number of carbonyl (C=O) groups is 2. The fourth-order valence-corrected chi connectivity index (χ4v) is 4.33. The molecule has 2 aromatic carbocycles. The predicted molar refractivity (Wildman–Crippen MR) is 123 cm³/mol. The van der Waals surface area contributed by atoms with Gasteiger partial charge in [-0.3, -0.25) is 14.4 Å². The molecule has 0 bridgehead atoms. The van der Waals surface area contributed by atoms with E-state index < -0.39 is 6.09 Å². The molecule has 8 heteroatoms. The minimum Gasteiger partial charge on any atom is -0.492 e. The molecular weight excluding hydrogens is 420 g/mol. The van der Waals surface area contributed by atoms with Crippen LogP contribution in [0.2, 0.25) is 0 Å². The van der Waals surface area contributed by atoms with E-state index in [1.54, 1.807) is 4.90 Å². The molecule has 170 valence electrons. The van der Waals surface area contributed by atoms with Crippen LogP contribution in [0.15, 0.2) is 54.7 Å². The van der Waals surface area contributed by atoms with Gasteiger partial charge >= 0.3 is 6.09 Å². The van der Waals surface area contributed by atoms with Crippen LogP contribution >= 0.6 is 0 Å². The molecule has 1 fully saturated rings. The molecule has 2 aliphatic rings. The zero-order chi connectivity index (χ0) is 22.8. The number of hydrogen-bond acceptors (Lipinski definition) is 5. The van der Waals surface area contributed by atoms with Crippen LogP contribution in [-0.2, 0) is 28.9 Å². The molecule has 0 aliphatic carbocycles. The molecule has 8 nitrogen and oxygen atoms in total. The number of benzene rings is 2. The van der Waals surface area contributed by atoms with E-state index in [9.17, 15) is 9.59 Å². The lowest BCUT2D eigenvalue weighted by molar-refractivity contribution is -0.119. The van der Waals surface area contributed by atoms with Crippen LogP contribution in [-0.4, -0.2) is 47.6 Å². The van der Waals surface area contributed by atoms with Gasteiger partial charge in [-0.2, -0.15) is 5.10 Å². The molecular formula is C25H26N4O4. The lowest BCUT2D eigenvalue weighted by Crippen LogP contribution is -2.33. The van der Waals surface area contributed by atoms with Gasteiger partial charge in [0.05, 0.1) is 37.3 Å². The van der Waals surface area contributed by atoms with E-state index >= 15 is 0 Å². The molecule has 5 rings (SSSR count). The van der Waals surface area contributed by atoms with Gasteiger partial charge in [0, 0.05) is 37.1 Å². The minimum absolute atomic E-state index is 0.150. The van der Waals surface area contributed by atoms with Crippen LogP contribution in [0, 0.1) is 0 Å². The SMILES string of the molecule is CC(=O)NC[C@H]1CN(c2ccc3c(c2)OCCc2cnn(CCc4ccccc4)c2-3)C(=O)O1. The molecule has 0 saturated carbocycles. The van der Waals surface area contributed by atoms with E-state index in [2.05, 4.69) is 22.5 Å². The normalized spacial score (nSPS) is 16.9.